The number of likely N-dealkylation sites (tertiary alicyclic amines) is 1. The molecule has 0 atom stereocenters. The fraction of sp³-hybridized carbons (Fsp3) is 0.333. The van der Waals surface area contributed by atoms with Crippen molar-refractivity contribution in [2.45, 2.75) is 25.5 Å². The molecule has 2 amide bonds. The molecule has 1 N–H and O–H groups in total. The lowest BCUT2D eigenvalue weighted by atomic mass is 10.0. The average Bonchev–Trinajstić information content (AvgIpc) is 3.17. The van der Waals surface area contributed by atoms with Crippen molar-refractivity contribution < 1.29 is 18.0 Å². The largest absolute Gasteiger partial charge is 0.339 e. The number of amides is 2. The second kappa shape index (κ2) is 8.14. The van der Waals surface area contributed by atoms with E-state index in [2.05, 4.69) is 5.32 Å². The molecule has 0 aliphatic carbocycles. The van der Waals surface area contributed by atoms with Gasteiger partial charge < -0.3 is 10.2 Å². The second-order valence-electron chi connectivity index (χ2n) is 7.20. The predicted molar refractivity (Wildman–Crippen MR) is 109 cm³/mol. The molecular weight excluding hydrogens is 376 g/mol. The van der Waals surface area contributed by atoms with Crippen molar-refractivity contribution in [2.75, 3.05) is 24.7 Å². The number of benzene rings is 2. The van der Waals surface area contributed by atoms with Crippen LogP contribution in [0.15, 0.2) is 42.5 Å². The zero-order chi connectivity index (χ0) is 20.3. The first-order valence-electron chi connectivity index (χ1n) is 9.21. The highest BCUT2D eigenvalue weighted by Crippen LogP contribution is 2.23. The number of carbonyl (C=O) groups is 2. The van der Waals surface area contributed by atoms with Crippen molar-refractivity contribution in [2.24, 2.45) is 0 Å². The van der Waals surface area contributed by atoms with Crippen LogP contribution < -0.4 is 5.32 Å². The molecule has 0 spiro atoms. The number of rotatable bonds is 5. The first kappa shape index (κ1) is 20.1. The van der Waals surface area contributed by atoms with E-state index in [-0.39, 0.29) is 17.6 Å². The Morgan fingerprint density at radius 2 is 1.68 bits per heavy atom. The first-order chi connectivity index (χ1) is 13.2. The zero-order valence-corrected chi connectivity index (χ0v) is 16.9. The minimum absolute atomic E-state index is 0.00349. The minimum Gasteiger partial charge on any atom is -0.339 e. The molecule has 1 fully saturated rings. The van der Waals surface area contributed by atoms with Crippen molar-refractivity contribution in [3.63, 3.8) is 0 Å². The van der Waals surface area contributed by atoms with Gasteiger partial charge in [-0.15, -0.1) is 0 Å². The van der Waals surface area contributed by atoms with Gasteiger partial charge >= 0.3 is 0 Å². The van der Waals surface area contributed by atoms with E-state index in [1.54, 1.807) is 42.5 Å². The Balaban J connectivity index is 1.75. The van der Waals surface area contributed by atoms with E-state index in [1.807, 2.05) is 11.8 Å². The van der Waals surface area contributed by atoms with Crippen LogP contribution in [0.5, 0.6) is 0 Å². The Bertz CT molecular complexity index is 992. The number of carbonyl (C=O) groups excluding carboxylic acids is 2. The molecule has 148 valence electrons. The minimum atomic E-state index is -3.12. The number of hydrogen-bond acceptors (Lipinski definition) is 4. The molecule has 1 saturated heterocycles. The molecule has 0 bridgehead atoms. The van der Waals surface area contributed by atoms with Gasteiger partial charge in [-0.3, -0.25) is 9.59 Å². The maximum atomic E-state index is 12.7. The van der Waals surface area contributed by atoms with Crippen LogP contribution in [-0.4, -0.2) is 44.5 Å². The number of anilines is 1. The summed E-state index contributed by atoms with van der Waals surface area (Å²) >= 11 is 0. The fourth-order valence-electron chi connectivity index (χ4n) is 3.34. The summed E-state index contributed by atoms with van der Waals surface area (Å²) < 4.78 is 22.7. The maximum absolute atomic E-state index is 12.7. The fourth-order valence-corrected chi connectivity index (χ4v) is 4.14. The Hall–Kier alpha value is -2.67. The van der Waals surface area contributed by atoms with Crippen LogP contribution in [-0.2, 0) is 15.6 Å². The van der Waals surface area contributed by atoms with E-state index in [0.717, 1.165) is 31.5 Å². The molecule has 3 rings (SSSR count). The molecule has 0 saturated carbocycles. The summed E-state index contributed by atoms with van der Waals surface area (Å²) in [7, 11) is -3.12. The van der Waals surface area contributed by atoms with E-state index < -0.39 is 9.84 Å². The van der Waals surface area contributed by atoms with Gasteiger partial charge in [-0.05, 0) is 55.2 Å². The number of hydrogen-bond donors (Lipinski definition) is 1. The molecule has 1 heterocycles. The zero-order valence-electron chi connectivity index (χ0n) is 16.1. The molecule has 1 aliphatic rings. The van der Waals surface area contributed by atoms with Crippen LogP contribution in [0.4, 0.5) is 5.69 Å². The maximum Gasteiger partial charge on any atom is 0.255 e. The molecule has 0 unspecified atom stereocenters. The number of nitrogens with zero attached hydrogens (tertiary/aromatic N) is 1. The Morgan fingerprint density at radius 3 is 2.29 bits per heavy atom. The Morgan fingerprint density at radius 1 is 1.04 bits per heavy atom. The van der Waals surface area contributed by atoms with Gasteiger partial charge in [0.15, 0.2) is 9.84 Å². The third kappa shape index (κ3) is 4.78. The SMILES string of the molecule is Cc1c(NC(=O)c2ccc(CS(C)(=O)=O)cc2)cccc1C(=O)N1CCCC1. The van der Waals surface area contributed by atoms with E-state index in [4.69, 9.17) is 0 Å². The summed E-state index contributed by atoms with van der Waals surface area (Å²) in [6.45, 7) is 3.37. The summed E-state index contributed by atoms with van der Waals surface area (Å²) in [5, 5.41) is 2.85. The standard InChI is InChI=1S/C21H24N2O4S/c1-15-18(21(25)23-12-3-4-13-23)6-5-7-19(15)22-20(24)17-10-8-16(9-11-17)14-28(2,26)27/h5-11H,3-4,12-14H2,1-2H3,(H,22,24). The average molecular weight is 401 g/mol. The van der Waals surface area contributed by atoms with Gasteiger partial charge in [-0.2, -0.15) is 0 Å². The van der Waals surface area contributed by atoms with Gasteiger partial charge in [-0.1, -0.05) is 18.2 Å². The summed E-state index contributed by atoms with van der Waals surface area (Å²) in [5.74, 6) is -0.370. The molecule has 0 aromatic heterocycles. The quantitative estimate of drug-likeness (QED) is 0.836. The van der Waals surface area contributed by atoms with E-state index in [1.165, 1.54) is 6.26 Å². The van der Waals surface area contributed by atoms with Gasteiger partial charge in [0, 0.05) is 36.2 Å². The summed E-state index contributed by atoms with van der Waals surface area (Å²) in [6.07, 6.45) is 3.22. The number of sulfone groups is 1. The second-order valence-corrected chi connectivity index (χ2v) is 9.34. The molecule has 6 nitrogen and oxygen atoms in total. The van der Waals surface area contributed by atoms with Crippen molar-refractivity contribution in [3.05, 3.63) is 64.7 Å². The third-order valence-corrected chi connectivity index (χ3v) is 5.71. The molecular formula is C21H24N2O4S. The highest BCUT2D eigenvalue weighted by Gasteiger charge is 2.22. The van der Waals surface area contributed by atoms with Crippen LogP contribution in [0.3, 0.4) is 0 Å². The molecule has 0 radical (unpaired) electrons. The van der Waals surface area contributed by atoms with Gasteiger partial charge in [0.05, 0.1) is 5.75 Å². The molecule has 28 heavy (non-hydrogen) atoms. The van der Waals surface area contributed by atoms with Crippen LogP contribution in [0, 0.1) is 6.92 Å². The predicted octanol–water partition coefficient (Wildman–Crippen LogP) is 3.03. The first-order valence-corrected chi connectivity index (χ1v) is 11.3. The third-order valence-electron chi connectivity index (χ3n) is 4.85. The van der Waals surface area contributed by atoms with Gasteiger partial charge in [0.1, 0.15) is 0 Å². The normalized spacial score (nSPS) is 14.1. The van der Waals surface area contributed by atoms with Crippen molar-refractivity contribution >= 4 is 27.3 Å². The number of nitrogens with one attached hydrogen (secondary N) is 1. The Kier molecular flexibility index (Phi) is 5.84. The van der Waals surface area contributed by atoms with Crippen LogP contribution in [0.1, 0.15) is 44.7 Å². The lowest BCUT2D eigenvalue weighted by Crippen LogP contribution is -2.28. The smallest absolute Gasteiger partial charge is 0.255 e. The van der Waals surface area contributed by atoms with E-state index in [0.29, 0.717) is 22.4 Å². The Labute approximate surface area is 165 Å². The lowest BCUT2D eigenvalue weighted by Gasteiger charge is -2.18. The van der Waals surface area contributed by atoms with Gasteiger partial charge in [0.25, 0.3) is 11.8 Å². The van der Waals surface area contributed by atoms with Crippen LogP contribution in [0.25, 0.3) is 0 Å². The molecule has 1 aliphatic heterocycles. The van der Waals surface area contributed by atoms with Crippen molar-refractivity contribution in [1.29, 1.82) is 0 Å². The molecule has 2 aromatic rings. The van der Waals surface area contributed by atoms with Crippen LogP contribution in [0.2, 0.25) is 0 Å². The van der Waals surface area contributed by atoms with E-state index >= 15 is 0 Å². The van der Waals surface area contributed by atoms with Gasteiger partial charge in [-0.25, -0.2) is 8.42 Å². The summed E-state index contributed by atoms with van der Waals surface area (Å²) in [4.78, 5) is 27.1. The lowest BCUT2D eigenvalue weighted by molar-refractivity contribution is 0.0791. The summed E-state index contributed by atoms with van der Waals surface area (Å²) in [5.41, 5.74) is 2.99. The monoisotopic (exact) mass is 400 g/mol. The van der Waals surface area contributed by atoms with Gasteiger partial charge in [0.2, 0.25) is 0 Å². The highest BCUT2D eigenvalue weighted by atomic mass is 32.2. The molecule has 7 heteroatoms. The molecule has 2 aromatic carbocycles. The topological polar surface area (TPSA) is 83.5 Å². The highest BCUT2D eigenvalue weighted by molar-refractivity contribution is 7.89. The van der Waals surface area contributed by atoms with Crippen molar-refractivity contribution in [3.8, 4) is 0 Å². The van der Waals surface area contributed by atoms with Crippen molar-refractivity contribution in [1.82, 2.24) is 4.90 Å². The van der Waals surface area contributed by atoms with Crippen LogP contribution >= 0.6 is 0 Å². The summed E-state index contributed by atoms with van der Waals surface area (Å²) in [6, 6.07) is 11.8. The van der Waals surface area contributed by atoms with E-state index in [9.17, 15) is 18.0 Å².